The maximum absolute atomic E-state index is 12.4. The minimum atomic E-state index is -0.497. The topological polar surface area (TPSA) is 98.3 Å². The van der Waals surface area contributed by atoms with E-state index >= 15 is 0 Å². The van der Waals surface area contributed by atoms with Crippen molar-refractivity contribution in [1.82, 2.24) is 4.98 Å². The van der Waals surface area contributed by atoms with Crippen LogP contribution in [0.1, 0.15) is 21.5 Å². The number of nitrogens with zero attached hydrogens (tertiary/aromatic N) is 2. The molecule has 3 aromatic carbocycles. The van der Waals surface area contributed by atoms with Crippen LogP contribution in [-0.4, -0.2) is 15.8 Å². The number of carbonyl (C=O) groups excluding carboxylic acids is 1. The Balaban J connectivity index is 1.54. The zero-order valence-electron chi connectivity index (χ0n) is 15.8. The summed E-state index contributed by atoms with van der Waals surface area (Å²) in [7, 11) is 0. The van der Waals surface area contributed by atoms with E-state index in [9.17, 15) is 14.9 Å². The molecule has 0 fully saturated rings. The van der Waals surface area contributed by atoms with Crippen molar-refractivity contribution in [3.63, 3.8) is 0 Å². The number of nitrogens with one attached hydrogen (secondary N) is 1. The van der Waals surface area contributed by atoms with E-state index in [1.807, 2.05) is 25.1 Å². The molecule has 1 heterocycles. The highest BCUT2D eigenvalue weighted by molar-refractivity contribution is 6.04. The fourth-order valence-electron chi connectivity index (χ4n) is 3.00. The normalized spacial score (nSPS) is 10.8. The Hall–Kier alpha value is -4.00. The number of amides is 1. The number of aryl methyl sites for hydroxylation is 2. The number of benzene rings is 3. The van der Waals surface area contributed by atoms with Gasteiger partial charge in [0.1, 0.15) is 5.52 Å². The summed E-state index contributed by atoms with van der Waals surface area (Å²) in [6.45, 7) is 3.62. The summed E-state index contributed by atoms with van der Waals surface area (Å²) >= 11 is 0. The highest BCUT2D eigenvalue weighted by Gasteiger charge is 2.15. The van der Waals surface area contributed by atoms with Gasteiger partial charge in [0, 0.05) is 28.4 Å². The van der Waals surface area contributed by atoms with Crippen molar-refractivity contribution in [3.8, 4) is 11.5 Å². The molecule has 144 valence electrons. The second-order valence-corrected chi connectivity index (χ2v) is 6.78. The van der Waals surface area contributed by atoms with Crippen LogP contribution in [0.3, 0.4) is 0 Å². The summed E-state index contributed by atoms with van der Waals surface area (Å²) in [6, 6.07) is 17.3. The molecule has 1 N–H and O–H groups in total. The highest BCUT2D eigenvalue weighted by Crippen LogP contribution is 2.26. The molecule has 4 rings (SSSR count). The monoisotopic (exact) mass is 387 g/mol. The second kappa shape index (κ2) is 7.20. The lowest BCUT2D eigenvalue weighted by atomic mass is 10.1. The zero-order chi connectivity index (χ0) is 20.5. The smallest absolute Gasteiger partial charge is 0.273 e. The zero-order valence-corrected chi connectivity index (χ0v) is 15.8. The lowest BCUT2D eigenvalue weighted by Gasteiger charge is -2.06. The van der Waals surface area contributed by atoms with Gasteiger partial charge in [0.05, 0.1) is 4.92 Å². The van der Waals surface area contributed by atoms with E-state index in [0.29, 0.717) is 17.1 Å². The van der Waals surface area contributed by atoms with E-state index in [-0.39, 0.29) is 11.3 Å². The molecule has 0 bridgehead atoms. The number of nitro benzene ring substituents is 1. The number of hydrogen-bond donors (Lipinski definition) is 1. The molecular weight excluding hydrogens is 370 g/mol. The first-order valence-corrected chi connectivity index (χ1v) is 8.95. The molecule has 1 amide bonds. The molecule has 0 unspecified atom stereocenters. The van der Waals surface area contributed by atoms with Gasteiger partial charge in [-0.05, 0) is 61.9 Å². The molecule has 0 aliphatic heterocycles. The van der Waals surface area contributed by atoms with Crippen LogP contribution >= 0.6 is 0 Å². The van der Waals surface area contributed by atoms with Gasteiger partial charge in [0.15, 0.2) is 5.58 Å². The maximum atomic E-state index is 12.4. The lowest BCUT2D eigenvalue weighted by molar-refractivity contribution is -0.385. The number of fused-ring (bicyclic) bond motifs is 1. The third kappa shape index (κ3) is 3.70. The van der Waals surface area contributed by atoms with Crippen LogP contribution in [0.4, 0.5) is 11.4 Å². The van der Waals surface area contributed by atoms with Gasteiger partial charge < -0.3 is 9.73 Å². The van der Waals surface area contributed by atoms with Crippen LogP contribution in [0, 0.1) is 24.0 Å². The van der Waals surface area contributed by atoms with Crippen molar-refractivity contribution in [1.29, 1.82) is 0 Å². The SMILES string of the molecule is Cc1ccc2nc(-c3ccc(NC(=O)c4ccc(C)c([N+](=O)[O-])c4)cc3)oc2c1. The first kappa shape index (κ1) is 18.4. The largest absolute Gasteiger partial charge is 0.436 e. The number of hydrogen-bond acceptors (Lipinski definition) is 5. The summed E-state index contributed by atoms with van der Waals surface area (Å²) in [4.78, 5) is 27.5. The number of nitro groups is 1. The lowest BCUT2D eigenvalue weighted by Crippen LogP contribution is -2.12. The number of carbonyl (C=O) groups is 1. The molecule has 0 aliphatic rings. The van der Waals surface area contributed by atoms with Crippen molar-refractivity contribution in [3.05, 3.63) is 87.5 Å². The molecule has 0 atom stereocenters. The summed E-state index contributed by atoms with van der Waals surface area (Å²) < 4.78 is 5.81. The van der Waals surface area contributed by atoms with Gasteiger partial charge in [0.2, 0.25) is 5.89 Å². The first-order valence-electron chi connectivity index (χ1n) is 8.95. The molecular formula is C22H17N3O4. The average Bonchev–Trinajstić information content (AvgIpc) is 3.11. The van der Waals surface area contributed by atoms with Gasteiger partial charge in [-0.1, -0.05) is 12.1 Å². The molecule has 0 spiro atoms. The Kier molecular flexibility index (Phi) is 4.56. The molecule has 0 aliphatic carbocycles. The molecule has 0 saturated heterocycles. The summed E-state index contributed by atoms with van der Waals surface area (Å²) in [5, 5.41) is 13.8. The standard InChI is InChI=1S/C22H17N3O4/c1-13-3-10-18-20(11-13)29-22(24-18)15-6-8-17(9-7-15)23-21(26)16-5-4-14(2)19(12-16)25(27)28/h3-12H,1-2H3,(H,23,26). The van der Waals surface area contributed by atoms with Gasteiger partial charge in [-0.25, -0.2) is 4.98 Å². The number of rotatable bonds is 4. The minimum Gasteiger partial charge on any atom is -0.436 e. The van der Waals surface area contributed by atoms with E-state index in [1.54, 1.807) is 43.3 Å². The van der Waals surface area contributed by atoms with E-state index in [0.717, 1.165) is 22.2 Å². The van der Waals surface area contributed by atoms with Gasteiger partial charge in [0.25, 0.3) is 11.6 Å². The summed E-state index contributed by atoms with van der Waals surface area (Å²) in [6.07, 6.45) is 0. The molecule has 7 nitrogen and oxygen atoms in total. The Morgan fingerprint density at radius 2 is 1.79 bits per heavy atom. The Morgan fingerprint density at radius 1 is 1.03 bits per heavy atom. The quantitative estimate of drug-likeness (QED) is 0.380. The average molecular weight is 387 g/mol. The van der Waals surface area contributed by atoms with E-state index in [2.05, 4.69) is 10.3 Å². The Bertz CT molecular complexity index is 1240. The third-order valence-corrected chi connectivity index (χ3v) is 4.60. The van der Waals surface area contributed by atoms with Gasteiger partial charge in [-0.2, -0.15) is 0 Å². The van der Waals surface area contributed by atoms with E-state index in [4.69, 9.17) is 4.42 Å². The van der Waals surface area contributed by atoms with Crippen LogP contribution in [0.15, 0.2) is 65.1 Å². The Labute approximate surface area is 166 Å². The number of oxazole rings is 1. The summed E-state index contributed by atoms with van der Waals surface area (Å²) in [5.74, 6) is 0.0795. The van der Waals surface area contributed by atoms with Crippen molar-refractivity contribution in [2.75, 3.05) is 5.32 Å². The van der Waals surface area contributed by atoms with Crippen LogP contribution in [0.5, 0.6) is 0 Å². The van der Waals surface area contributed by atoms with Crippen LogP contribution in [0.2, 0.25) is 0 Å². The third-order valence-electron chi connectivity index (χ3n) is 4.60. The summed E-state index contributed by atoms with van der Waals surface area (Å²) in [5.41, 5.74) is 4.58. The fraction of sp³-hybridized carbons (Fsp3) is 0.0909. The van der Waals surface area contributed by atoms with Gasteiger partial charge >= 0.3 is 0 Å². The van der Waals surface area contributed by atoms with Crippen molar-refractivity contribution in [2.24, 2.45) is 0 Å². The van der Waals surface area contributed by atoms with Gasteiger partial charge in [-0.3, -0.25) is 14.9 Å². The van der Waals surface area contributed by atoms with Crippen LogP contribution in [0.25, 0.3) is 22.6 Å². The molecule has 0 radical (unpaired) electrons. The van der Waals surface area contributed by atoms with Crippen molar-refractivity contribution >= 4 is 28.4 Å². The highest BCUT2D eigenvalue weighted by atomic mass is 16.6. The molecule has 29 heavy (non-hydrogen) atoms. The Morgan fingerprint density at radius 3 is 2.52 bits per heavy atom. The van der Waals surface area contributed by atoms with Crippen LogP contribution in [-0.2, 0) is 0 Å². The minimum absolute atomic E-state index is 0.0841. The molecule has 1 aromatic heterocycles. The molecule has 0 saturated carbocycles. The first-order chi connectivity index (χ1) is 13.9. The predicted octanol–water partition coefficient (Wildman–Crippen LogP) is 5.27. The van der Waals surface area contributed by atoms with Gasteiger partial charge in [-0.15, -0.1) is 0 Å². The molecule has 4 aromatic rings. The van der Waals surface area contributed by atoms with Crippen LogP contribution < -0.4 is 5.32 Å². The van der Waals surface area contributed by atoms with Crippen molar-refractivity contribution < 1.29 is 14.1 Å². The van der Waals surface area contributed by atoms with Crippen molar-refractivity contribution in [2.45, 2.75) is 13.8 Å². The predicted molar refractivity (Wildman–Crippen MR) is 110 cm³/mol. The maximum Gasteiger partial charge on any atom is 0.273 e. The van der Waals surface area contributed by atoms with E-state index in [1.165, 1.54) is 6.07 Å². The number of anilines is 1. The molecule has 7 heteroatoms. The number of aromatic nitrogens is 1. The fourth-order valence-corrected chi connectivity index (χ4v) is 3.00. The van der Waals surface area contributed by atoms with E-state index < -0.39 is 10.8 Å². The second-order valence-electron chi connectivity index (χ2n) is 6.78.